The summed E-state index contributed by atoms with van der Waals surface area (Å²) in [6.45, 7) is 9.05. The summed E-state index contributed by atoms with van der Waals surface area (Å²) >= 11 is 0. The second-order valence-electron chi connectivity index (χ2n) is 5.32. The fourth-order valence-electron chi connectivity index (χ4n) is 2.66. The van der Waals surface area contributed by atoms with Gasteiger partial charge >= 0.3 is 0 Å². The zero-order valence-electron chi connectivity index (χ0n) is 11.7. The van der Waals surface area contributed by atoms with Crippen LogP contribution in [0.4, 0.5) is 0 Å². The van der Waals surface area contributed by atoms with E-state index in [0.29, 0.717) is 12.0 Å². The predicted molar refractivity (Wildman–Crippen MR) is 72.0 cm³/mol. The summed E-state index contributed by atoms with van der Waals surface area (Å²) < 4.78 is 0. The Morgan fingerprint density at radius 3 is 2.65 bits per heavy atom. The lowest BCUT2D eigenvalue weighted by Gasteiger charge is -2.38. The van der Waals surface area contributed by atoms with Crippen molar-refractivity contribution in [2.45, 2.75) is 58.9 Å². The Labute approximate surface area is 106 Å². The van der Waals surface area contributed by atoms with Crippen LogP contribution in [0.5, 0.6) is 0 Å². The number of nitrogens with zero attached hydrogens (tertiary/aromatic N) is 1. The summed E-state index contributed by atoms with van der Waals surface area (Å²) in [4.78, 5) is 13.6. The van der Waals surface area contributed by atoms with Gasteiger partial charge in [0.25, 0.3) is 0 Å². The van der Waals surface area contributed by atoms with E-state index in [0.717, 1.165) is 26.1 Å². The maximum absolute atomic E-state index is 11.5. The number of likely N-dealkylation sites (tertiary alicyclic amines) is 1. The van der Waals surface area contributed by atoms with Crippen LogP contribution in [0.3, 0.4) is 0 Å². The number of hydrogen-bond acceptors (Lipinski definition) is 2. The van der Waals surface area contributed by atoms with E-state index < -0.39 is 0 Å². The van der Waals surface area contributed by atoms with Crippen molar-refractivity contribution in [1.82, 2.24) is 10.2 Å². The van der Waals surface area contributed by atoms with Crippen LogP contribution in [0, 0.1) is 5.92 Å². The summed E-state index contributed by atoms with van der Waals surface area (Å²) in [5.41, 5.74) is 0. The average molecular weight is 240 g/mol. The molecule has 17 heavy (non-hydrogen) atoms. The van der Waals surface area contributed by atoms with Gasteiger partial charge in [-0.2, -0.15) is 0 Å². The molecule has 1 rings (SSSR count). The van der Waals surface area contributed by atoms with Crippen molar-refractivity contribution in [2.24, 2.45) is 5.92 Å². The SMILES string of the molecule is CCCCC1CC(NCCC)CN(C(C)=O)C1. The highest BCUT2D eigenvalue weighted by Crippen LogP contribution is 2.22. The molecule has 0 aromatic rings. The molecule has 1 aliphatic heterocycles. The smallest absolute Gasteiger partial charge is 0.219 e. The molecule has 0 radical (unpaired) electrons. The molecule has 0 aliphatic carbocycles. The van der Waals surface area contributed by atoms with E-state index in [1.54, 1.807) is 6.92 Å². The molecule has 1 fully saturated rings. The Kier molecular flexibility index (Phi) is 6.56. The molecule has 2 unspecified atom stereocenters. The van der Waals surface area contributed by atoms with E-state index in [1.807, 2.05) is 4.90 Å². The zero-order chi connectivity index (χ0) is 12.7. The first-order valence-corrected chi connectivity index (χ1v) is 7.16. The first kappa shape index (κ1) is 14.5. The Morgan fingerprint density at radius 1 is 1.29 bits per heavy atom. The van der Waals surface area contributed by atoms with Crippen molar-refractivity contribution in [3.8, 4) is 0 Å². The molecule has 3 heteroatoms. The van der Waals surface area contributed by atoms with E-state index in [-0.39, 0.29) is 5.91 Å². The van der Waals surface area contributed by atoms with Crippen molar-refractivity contribution in [2.75, 3.05) is 19.6 Å². The van der Waals surface area contributed by atoms with Crippen LogP contribution in [0.25, 0.3) is 0 Å². The second-order valence-corrected chi connectivity index (χ2v) is 5.32. The number of rotatable bonds is 6. The van der Waals surface area contributed by atoms with E-state index in [2.05, 4.69) is 19.2 Å². The van der Waals surface area contributed by atoms with Crippen LogP contribution < -0.4 is 5.32 Å². The fourth-order valence-corrected chi connectivity index (χ4v) is 2.66. The van der Waals surface area contributed by atoms with Crippen LogP contribution in [0.1, 0.15) is 52.9 Å². The number of nitrogens with one attached hydrogen (secondary N) is 1. The second kappa shape index (κ2) is 7.70. The number of piperidine rings is 1. The van der Waals surface area contributed by atoms with E-state index in [9.17, 15) is 4.79 Å². The van der Waals surface area contributed by atoms with Crippen LogP contribution in [-0.4, -0.2) is 36.5 Å². The number of hydrogen-bond donors (Lipinski definition) is 1. The molecule has 0 saturated carbocycles. The maximum atomic E-state index is 11.5. The minimum absolute atomic E-state index is 0.231. The molecule has 1 heterocycles. The Morgan fingerprint density at radius 2 is 2.06 bits per heavy atom. The lowest BCUT2D eigenvalue weighted by Crippen LogP contribution is -2.50. The third-order valence-corrected chi connectivity index (χ3v) is 3.63. The van der Waals surface area contributed by atoms with Gasteiger partial charge in [-0.05, 0) is 31.7 Å². The maximum Gasteiger partial charge on any atom is 0.219 e. The van der Waals surface area contributed by atoms with Gasteiger partial charge in [0.2, 0.25) is 5.91 Å². The molecule has 1 amide bonds. The van der Waals surface area contributed by atoms with Gasteiger partial charge < -0.3 is 10.2 Å². The van der Waals surface area contributed by atoms with Gasteiger partial charge in [-0.1, -0.05) is 26.7 Å². The van der Waals surface area contributed by atoms with Crippen molar-refractivity contribution in [3.05, 3.63) is 0 Å². The van der Waals surface area contributed by atoms with Crippen molar-refractivity contribution in [3.63, 3.8) is 0 Å². The van der Waals surface area contributed by atoms with Gasteiger partial charge in [-0.25, -0.2) is 0 Å². The molecule has 0 spiro atoms. The lowest BCUT2D eigenvalue weighted by atomic mass is 9.90. The Hall–Kier alpha value is -0.570. The lowest BCUT2D eigenvalue weighted by molar-refractivity contribution is -0.131. The Balaban J connectivity index is 2.46. The van der Waals surface area contributed by atoms with Crippen molar-refractivity contribution < 1.29 is 4.79 Å². The van der Waals surface area contributed by atoms with Gasteiger partial charge in [-0.15, -0.1) is 0 Å². The summed E-state index contributed by atoms with van der Waals surface area (Å²) in [5.74, 6) is 0.927. The molecule has 0 aromatic carbocycles. The van der Waals surface area contributed by atoms with Crippen LogP contribution in [0.2, 0.25) is 0 Å². The minimum atomic E-state index is 0.231. The third kappa shape index (κ3) is 5.07. The summed E-state index contributed by atoms with van der Waals surface area (Å²) in [6, 6.07) is 0.509. The van der Waals surface area contributed by atoms with Crippen LogP contribution in [0.15, 0.2) is 0 Å². The molecule has 0 aromatic heterocycles. The van der Waals surface area contributed by atoms with Gasteiger partial charge in [0, 0.05) is 26.1 Å². The topological polar surface area (TPSA) is 32.3 Å². The number of carbonyl (C=O) groups excluding carboxylic acids is 1. The molecular weight excluding hydrogens is 212 g/mol. The molecule has 3 nitrogen and oxygen atoms in total. The number of unbranched alkanes of at least 4 members (excludes halogenated alkanes) is 1. The van der Waals surface area contributed by atoms with Crippen LogP contribution in [-0.2, 0) is 4.79 Å². The third-order valence-electron chi connectivity index (χ3n) is 3.63. The van der Waals surface area contributed by atoms with Gasteiger partial charge in [0.05, 0.1) is 0 Å². The average Bonchev–Trinajstić information content (AvgIpc) is 2.33. The molecule has 1 N–H and O–H groups in total. The summed E-state index contributed by atoms with van der Waals surface area (Å²) in [6.07, 6.45) is 6.21. The summed E-state index contributed by atoms with van der Waals surface area (Å²) in [7, 11) is 0. The van der Waals surface area contributed by atoms with Gasteiger partial charge in [-0.3, -0.25) is 4.79 Å². The first-order chi connectivity index (χ1) is 8.17. The highest BCUT2D eigenvalue weighted by molar-refractivity contribution is 5.73. The minimum Gasteiger partial charge on any atom is -0.341 e. The highest BCUT2D eigenvalue weighted by Gasteiger charge is 2.27. The van der Waals surface area contributed by atoms with Crippen molar-refractivity contribution >= 4 is 5.91 Å². The standard InChI is InChI=1S/C14H28N2O/c1-4-6-7-13-9-14(15-8-5-2)11-16(10-13)12(3)17/h13-15H,4-11H2,1-3H3. The summed E-state index contributed by atoms with van der Waals surface area (Å²) in [5, 5.41) is 3.57. The first-order valence-electron chi connectivity index (χ1n) is 7.16. The van der Waals surface area contributed by atoms with E-state index in [4.69, 9.17) is 0 Å². The molecular formula is C14H28N2O. The van der Waals surface area contributed by atoms with E-state index in [1.165, 1.54) is 25.7 Å². The molecule has 0 bridgehead atoms. The largest absolute Gasteiger partial charge is 0.341 e. The normalized spacial score (nSPS) is 25.0. The Bertz CT molecular complexity index is 214. The van der Waals surface area contributed by atoms with Crippen LogP contribution >= 0.6 is 0 Å². The van der Waals surface area contributed by atoms with Gasteiger partial charge in [0.15, 0.2) is 0 Å². The predicted octanol–water partition coefficient (Wildman–Crippen LogP) is 2.41. The molecule has 1 aliphatic rings. The molecule has 2 atom stereocenters. The monoisotopic (exact) mass is 240 g/mol. The highest BCUT2D eigenvalue weighted by atomic mass is 16.2. The fraction of sp³-hybridized carbons (Fsp3) is 0.929. The van der Waals surface area contributed by atoms with Gasteiger partial charge in [0.1, 0.15) is 0 Å². The van der Waals surface area contributed by atoms with Crippen molar-refractivity contribution in [1.29, 1.82) is 0 Å². The number of amides is 1. The molecule has 1 saturated heterocycles. The zero-order valence-corrected chi connectivity index (χ0v) is 11.7. The quantitative estimate of drug-likeness (QED) is 0.773. The van der Waals surface area contributed by atoms with E-state index >= 15 is 0 Å². The number of carbonyl (C=O) groups is 1. The molecule has 100 valence electrons.